The summed E-state index contributed by atoms with van der Waals surface area (Å²) in [6.07, 6.45) is 2.90. The Morgan fingerprint density at radius 3 is 2.10 bits per heavy atom. The van der Waals surface area contributed by atoms with Gasteiger partial charge in [-0.15, -0.1) is 0 Å². The summed E-state index contributed by atoms with van der Waals surface area (Å²) in [5.41, 5.74) is 0.184. The van der Waals surface area contributed by atoms with Crippen molar-refractivity contribution in [2.24, 2.45) is 0 Å². The highest BCUT2D eigenvalue weighted by Crippen LogP contribution is 2.15. The van der Waals surface area contributed by atoms with Crippen molar-refractivity contribution in [3.63, 3.8) is 0 Å². The molecule has 0 aliphatic carbocycles. The summed E-state index contributed by atoms with van der Waals surface area (Å²) >= 11 is 0. The van der Waals surface area contributed by atoms with Crippen molar-refractivity contribution in [3.05, 3.63) is 35.9 Å². The number of benzene rings is 1. The molecule has 0 atom stereocenters. The molecule has 0 bridgehead atoms. The lowest BCUT2D eigenvalue weighted by molar-refractivity contribution is -0.148. The maximum atomic E-state index is 11.9. The number of rotatable bonds is 4. The summed E-state index contributed by atoms with van der Waals surface area (Å²) < 4.78 is 30.1. The molecule has 0 N–H and O–H groups in total. The topological polar surface area (TPSA) is 63.7 Å². The van der Waals surface area contributed by atoms with E-state index in [1.807, 2.05) is 0 Å². The summed E-state index contributed by atoms with van der Waals surface area (Å²) in [6, 6.07) is 6.28. The van der Waals surface area contributed by atoms with Crippen molar-refractivity contribution in [2.45, 2.75) is 31.3 Å². The average molecular weight is 311 g/mol. The molecule has 0 amide bonds. The normalized spacial score (nSPS) is 12.9. The first-order chi connectivity index (χ1) is 9.52. The third-order valence-electron chi connectivity index (χ3n) is 2.48. The maximum absolute atomic E-state index is 11.9. The molecule has 21 heavy (non-hydrogen) atoms. The molecule has 0 spiro atoms. The summed E-state index contributed by atoms with van der Waals surface area (Å²) in [5.74, 6) is -0.438. The molecule has 0 saturated heterocycles. The third kappa shape index (κ3) is 5.32. The number of ether oxygens (including phenoxy) is 1. The molecule has 0 aromatic heterocycles. The van der Waals surface area contributed by atoms with E-state index in [0.717, 1.165) is 9.87 Å². The Bertz CT molecular complexity index is 623. The van der Waals surface area contributed by atoms with E-state index in [4.69, 9.17) is 4.74 Å². The predicted octanol–water partition coefficient (Wildman–Crippen LogP) is 2.29. The van der Waals surface area contributed by atoms with Gasteiger partial charge in [0.2, 0.25) is 10.0 Å². The van der Waals surface area contributed by atoms with Crippen LogP contribution in [0.2, 0.25) is 0 Å². The standard InChI is InChI=1S/C15H21NO4S/c1-15(2,3)20-14(17)11-8-12-6-9-13(10-7-12)21(18,19)16(4)5/h6-11H,1-5H3/b11-8+. The van der Waals surface area contributed by atoms with Crippen molar-refractivity contribution in [1.29, 1.82) is 0 Å². The van der Waals surface area contributed by atoms with Crippen LogP contribution in [0.4, 0.5) is 0 Å². The molecule has 0 radical (unpaired) electrons. The van der Waals surface area contributed by atoms with Crippen LogP contribution in [0.15, 0.2) is 35.2 Å². The van der Waals surface area contributed by atoms with Gasteiger partial charge in [-0.3, -0.25) is 0 Å². The maximum Gasteiger partial charge on any atom is 0.331 e. The average Bonchev–Trinajstić information content (AvgIpc) is 2.34. The van der Waals surface area contributed by atoms with Crippen LogP contribution >= 0.6 is 0 Å². The fourth-order valence-corrected chi connectivity index (χ4v) is 2.36. The molecular weight excluding hydrogens is 290 g/mol. The number of hydrogen-bond acceptors (Lipinski definition) is 4. The lowest BCUT2D eigenvalue weighted by Gasteiger charge is -2.17. The molecule has 1 aromatic rings. The smallest absolute Gasteiger partial charge is 0.331 e. The van der Waals surface area contributed by atoms with E-state index in [1.165, 1.54) is 32.3 Å². The van der Waals surface area contributed by atoms with E-state index in [2.05, 4.69) is 0 Å². The number of carbonyl (C=O) groups excluding carboxylic acids is 1. The molecule has 0 heterocycles. The monoisotopic (exact) mass is 311 g/mol. The van der Waals surface area contributed by atoms with Crippen LogP contribution in [0.5, 0.6) is 0 Å². The van der Waals surface area contributed by atoms with Crippen molar-refractivity contribution in [1.82, 2.24) is 4.31 Å². The fraction of sp³-hybridized carbons (Fsp3) is 0.400. The van der Waals surface area contributed by atoms with E-state index in [-0.39, 0.29) is 4.90 Å². The summed E-state index contributed by atoms with van der Waals surface area (Å²) in [4.78, 5) is 11.7. The van der Waals surface area contributed by atoms with Crippen LogP contribution in [0.3, 0.4) is 0 Å². The SMILES string of the molecule is CN(C)S(=O)(=O)c1ccc(/C=C/C(=O)OC(C)(C)C)cc1. The zero-order valence-electron chi connectivity index (χ0n) is 13.0. The molecule has 5 nitrogen and oxygen atoms in total. The van der Waals surface area contributed by atoms with Gasteiger partial charge in [0.05, 0.1) is 4.90 Å². The van der Waals surface area contributed by atoms with Crippen LogP contribution in [-0.4, -0.2) is 38.4 Å². The minimum Gasteiger partial charge on any atom is -0.457 e. The zero-order valence-corrected chi connectivity index (χ0v) is 13.8. The summed E-state index contributed by atoms with van der Waals surface area (Å²) in [7, 11) is -0.476. The van der Waals surface area contributed by atoms with Gasteiger partial charge in [-0.05, 0) is 44.5 Å². The van der Waals surface area contributed by atoms with E-state index in [0.29, 0.717) is 0 Å². The van der Waals surface area contributed by atoms with Gasteiger partial charge in [0.25, 0.3) is 0 Å². The first-order valence-corrected chi connectivity index (χ1v) is 7.90. The quantitative estimate of drug-likeness (QED) is 0.632. The number of carbonyl (C=O) groups is 1. The van der Waals surface area contributed by atoms with Crippen molar-refractivity contribution < 1.29 is 17.9 Å². The Kier molecular flexibility index (Phi) is 5.31. The first-order valence-electron chi connectivity index (χ1n) is 6.46. The second-order valence-electron chi connectivity index (χ2n) is 5.72. The Morgan fingerprint density at radius 2 is 1.67 bits per heavy atom. The Hall–Kier alpha value is -1.66. The van der Waals surface area contributed by atoms with Gasteiger partial charge in [0.15, 0.2) is 0 Å². The Labute approximate surface area is 126 Å². The van der Waals surface area contributed by atoms with E-state index in [9.17, 15) is 13.2 Å². The number of sulfonamides is 1. The first kappa shape index (κ1) is 17.4. The van der Waals surface area contributed by atoms with Crippen molar-refractivity contribution in [3.8, 4) is 0 Å². The summed E-state index contributed by atoms with van der Waals surface area (Å²) in [6.45, 7) is 5.37. The number of hydrogen-bond donors (Lipinski definition) is 0. The molecule has 6 heteroatoms. The minimum absolute atomic E-state index is 0.210. The van der Waals surface area contributed by atoms with Crippen LogP contribution in [-0.2, 0) is 19.6 Å². The molecule has 1 aromatic carbocycles. The molecular formula is C15H21NO4S. The van der Waals surface area contributed by atoms with E-state index in [1.54, 1.807) is 39.0 Å². The van der Waals surface area contributed by atoms with Gasteiger partial charge in [-0.2, -0.15) is 0 Å². The van der Waals surface area contributed by atoms with Gasteiger partial charge < -0.3 is 4.74 Å². The number of esters is 1. The van der Waals surface area contributed by atoms with Crippen molar-refractivity contribution >= 4 is 22.1 Å². The molecule has 116 valence electrons. The van der Waals surface area contributed by atoms with Gasteiger partial charge in [-0.1, -0.05) is 12.1 Å². The van der Waals surface area contributed by atoms with Crippen molar-refractivity contribution in [2.75, 3.05) is 14.1 Å². The Morgan fingerprint density at radius 1 is 1.14 bits per heavy atom. The lowest BCUT2D eigenvalue weighted by Crippen LogP contribution is -2.22. The third-order valence-corrected chi connectivity index (χ3v) is 4.31. The van der Waals surface area contributed by atoms with Crippen LogP contribution < -0.4 is 0 Å². The molecule has 0 fully saturated rings. The molecule has 0 aliphatic rings. The van der Waals surface area contributed by atoms with Crippen LogP contribution in [0, 0.1) is 0 Å². The van der Waals surface area contributed by atoms with Crippen LogP contribution in [0.1, 0.15) is 26.3 Å². The second-order valence-corrected chi connectivity index (χ2v) is 7.88. The highest BCUT2D eigenvalue weighted by Gasteiger charge is 2.16. The Balaban J connectivity index is 2.83. The molecule has 0 aliphatic heterocycles. The fourth-order valence-electron chi connectivity index (χ4n) is 1.46. The van der Waals surface area contributed by atoms with Gasteiger partial charge in [-0.25, -0.2) is 17.5 Å². The molecule has 0 unspecified atom stereocenters. The number of nitrogens with zero attached hydrogens (tertiary/aromatic N) is 1. The van der Waals surface area contributed by atoms with Crippen LogP contribution in [0.25, 0.3) is 6.08 Å². The molecule has 1 rings (SSSR count). The second kappa shape index (κ2) is 6.41. The molecule has 0 saturated carbocycles. The highest BCUT2D eigenvalue weighted by atomic mass is 32.2. The van der Waals surface area contributed by atoms with Gasteiger partial charge in [0, 0.05) is 20.2 Å². The predicted molar refractivity (Wildman–Crippen MR) is 82.2 cm³/mol. The lowest BCUT2D eigenvalue weighted by atomic mass is 10.2. The highest BCUT2D eigenvalue weighted by molar-refractivity contribution is 7.89. The van der Waals surface area contributed by atoms with E-state index >= 15 is 0 Å². The zero-order chi connectivity index (χ0) is 16.3. The summed E-state index contributed by atoms with van der Waals surface area (Å²) in [5, 5.41) is 0. The van der Waals surface area contributed by atoms with E-state index < -0.39 is 21.6 Å². The van der Waals surface area contributed by atoms with Gasteiger partial charge >= 0.3 is 5.97 Å². The largest absolute Gasteiger partial charge is 0.457 e. The van der Waals surface area contributed by atoms with Gasteiger partial charge in [0.1, 0.15) is 5.60 Å². The minimum atomic E-state index is -3.43.